The maximum absolute atomic E-state index is 11.7. The van der Waals surface area contributed by atoms with Gasteiger partial charge in [0.15, 0.2) is 0 Å². The lowest BCUT2D eigenvalue weighted by molar-refractivity contribution is -0.121. The van der Waals surface area contributed by atoms with E-state index in [-0.39, 0.29) is 22.8 Å². The summed E-state index contributed by atoms with van der Waals surface area (Å²) in [5.41, 5.74) is 0.539. The van der Waals surface area contributed by atoms with Crippen LogP contribution in [0.3, 0.4) is 0 Å². The molecule has 0 aliphatic heterocycles. The molecule has 0 saturated heterocycles. The zero-order valence-electron chi connectivity index (χ0n) is 11.9. The third-order valence-electron chi connectivity index (χ3n) is 4.31. The van der Waals surface area contributed by atoms with E-state index in [1.165, 1.54) is 0 Å². The molecule has 0 aromatic heterocycles. The smallest absolute Gasteiger partial charge is 0.234 e. The normalized spacial score (nSPS) is 23.2. The van der Waals surface area contributed by atoms with E-state index >= 15 is 0 Å². The molecule has 2 N–H and O–H groups in total. The second-order valence-corrected chi connectivity index (χ2v) is 6.18. The minimum absolute atomic E-state index is 0.0352. The fourth-order valence-electron chi connectivity index (χ4n) is 2.52. The molecule has 0 radical (unpaired) electrons. The van der Waals surface area contributed by atoms with Crippen molar-refractivity contribution in [2.24, 2.45) is 10.8 Å². The number of rotatable bonds is 6. The number of methoxy groups -OCH3 is 1. The highest BCUT2D eigenvalue weighted by atomic mass is 16.5. The molecule has 4 heteroatoms. The van der Waals surface area contributed by atoms with Crippen LogP contribution in [0, 0.1) is 10.8 Å². The molecule has 100 valence electrons. The molecule has 0 spiro atoms. The molecule has 1 saturated carbocycles. The first-order valence-corrected chi connectivity index (χ1v) is 6.25. The Morgan fingerprint density at radius 3 is 2.24 bits per heavy atom. The van der Waals surface area contributed by atoms with Gasteiger partial charge in [0, 0.05) is 19.2 Å². The van der Waals surface area contributed by atoms with E-state index in [2.05, 4.69) is 38.3 Å². The summed E-state index contributed by atoms with van der Waals surface area (Å²) in [6, 6.07) is 0.480. The Morgan fingerprint density at radius 1 is 1.29 bits per heavy atom. The van der Waals surface area contributed by atoms with Crippen LogP contribution in [0.15, 0.2) is 0 Å². The van der Waals surface area contributed by atoms with Crippen molar-refractivity contribution in [1.82, 2.24) is 10.6 Å². The minimum Gasteiger partial charge on any atom is -0.383 e. The second-order valence-electron chi connectivity index (χ2n) is 6.18. The molecule has 1 fully saturated rings. The van der Waals surface area contributed by atoms with E-state index in [0.29, 0.717) is 19.2 Å². The van der Waals surface area contributed by atoms with Crippen LogP contribution in [-0.2, 0) is 9.53 Å². The van der Waals surface area contributed by atoms with E-state index in [9.17, 15) is 4.79 Å². The number of hydrogen-bond acceptors (Lipinski definition) is 3. The molecule has 0 aromatic rings. The Morgan fingerprint density at radius 2 is 1.82 bits per heavy atom. The molecule has 0 heterocycles. The number of nitrogens with one attached hydrogen (secondary N) is 2. The average Bonchev–Trinajstić information content (AvgIpc) is 2.55. The highest BCUT2D eigenvalue weighted by Crippen LogP contribution is 2.62. The molecular formula is C13H26N2O2. The predicted octanol–water partition coefficient (Wildman–Crippen LogP) is 1.16. The Hall–Kier alpha value is -0.610. The van der Waals surface area contributed by atoms with Crippen LogP contribution in [0.1, 0.15) is 34.6 Å². The van der Waals surface area contributed by atoms with Gasteiger partial charge in [-0.15, -0.1) is 0 Å². The minimum atomic E-state index is 0.0352. The van der Waals surface area contributed by atoms with Crippen molar-refractivity contribution in [3.05, 3.63) is 0 Å². The van der Waals surface area contributed by atoms with Crippen LogP contribution in [0.5, 0.6) is 0 Å². The first-order chi connectivity index (χ1) is 7.73. The number of carbonyl (C=O) groups excluding carboxylic acids is 1. The fourth-order valence-corrected chi connectivity index (χ4v) is 2.52. The van der Waals surface area contributed by atoms with Gasteiger partial charge in [-0.1, -0.05) is 27.7 Å². The van der Waals surface area contributed by atoms with Crippen molar-refractivity contribution >= 4 is 5.91 Å². The molecule has 1 atom stereocenters. The van der Waals surface area contributed by atoms with Crippen LogP contribution in [-0.4, -0.2) is 38.3 Å². The van der Waals surface area contributed by atoms with Gasteiger partial charge in [-0.25, -0.2) is 0 Å². The first kappa shape index (κ1) is 14.5. The van der Waals surface area contributed by atoms with E-state index in [1.807, 2.05) is 6.92 Å². The molecule has 0 aromatic carbocycles. The maximum Gasteiger partial charge on any atom is 0.234 e. The van der Waals surface area contributed by atoms with Crippen molar-refractivity contribution in [3.63, 3.8) is 0 Å². The second kappa shape index (κ2) is 4.94. The van der Waals surface area contributed by atoms with Crippen LogP contribution in [0.4, 0.5) is 0 Å². The van der Waals surface area contributed by atoms with Crippen LogP contribution >= 0.6 is 0 Å². The lowest BCUT2D eigenvalue weighted by Crippen LogP contribution is -2.42. The van der Waals surface area contributed by atoms with Crippen molar-refractivity contribution < 1.29 is 9.53 Å². The number of hydrogen-bond donors (Lipinski definition) is 2. The third kappa shape index (κ3) is 2.99. The van der Waals surface area contributed by atoms with E-state index in [1.54, 1.807) is 7.11 Å². The Balaban J connectivity index is 2.27. The lowest BCUT2D eigenvalue weighted by atomic mass is 10.0. The third-order valence-corrected chi connectivity index (χ3v) is 4.31. The molecule has 1 unspecified atom stereocenters. The van der Waals surface area contributed by atoms with Crippen molar-refractivity contribution in [2.75, 3.05) is 20.3 Å². The zero-order valence-corrected chi connectivity index (χ0v) is 11.9. The van der Waals surface area contributed by atoms with Gasteiger partial charge in [0.2, 0.25) is 5.91 Å². The lowest BCUT2D eigenvalue weighted by Gasteiger charge is -2.13. The van der Waals surface area contributed by atoms with Gasteiger partial charge in [0.05, 0.1) is 13.2 Å². The molecule has 1 aliphatic rings. The number of ether oxygens (including phenoxy) is 1. The number of amides is 1. The van der Waals surface area contributed by atoms with E-state index in [0.717, 1.165) is 0 Å². The molecule has 1 aliphatic carbocycles. The summed E-state index contributed by atoms with van der Waals surface area (Å²) in [5, 5.41) is 6.22. The maximum atomic E-state index is 11.7. The van der Waals surface area contributed by atoms with Gasteiger partial charge in [-0.3, -0.25) is 4.79 Å². The SMILES string of the molecule is COCC(C)NC(=O)CNC1C(C)(C)C1(C)C. The summed E-state index contributed by atoms with van der Waals surface area (Å²) in [6.45, 7) is 11.8. The molecule has 1 amide bonds. The standard InChI is InChI=1S/C13H26N2O2/c1-9(8-17-6)15-10(16)7-14-11-12(2,3)13(11,4)5/h9,11,14H,7-8H2,1-6H3,(H,15,16). The van der Waals surface area contributed by atoms with Crippen molar-refractivity contribution in [3.8, 4) is 0 Å². The summed E-state index contributed by atoms with van der Waals surface area (Å²) in [6.07, 6.45) is 0. The Labute approximate surface area is 104 Å². The van der Waals surface area contributed by atoms with Crippen LogP contribution in [0.2, 0.25) is 0 Å². The predicted molar refractivity (Wildman–Crippen MR) is 68.8 cm³/mol. The quantitative estimate of drug-likeness (QED) is 0.735. The highest BCUT2D eigenvalue weighted by Gasteiger charge is 2.64. The Kier molecular flexibility index (Phi) is 4.20. The van der Waals surface area contributed by atoms with Gasteiger partial charge in [0.1, 0.15) is 0 Å². The van der Waals surface area contributed by atoms with E-state index < -0.39 is 0 Å². The average molecular weight is 242 g/mol. The summed E-state index contributed by atoms with van der Waals surface area (Å²) in [7, 11) is 1.64. The summed E-state index contributed by atoms with van der Waals surface area (Å²) in [4.78, 5) is 11.7. The summed E-state index contributed by atoms with van der Waals surface area (Å²) in [5.74, 6) is 0.0352. The van der Waals surface area contributed by atoms with Crippen molar-refractivity contribution in [1.29, 1.82) is 0 Å². The summed E-state index contributed by atoms with van der Waals surface area (Å²) >= 11 is 0. The summed E-state index contributed by atoms with van der Waals surface area (Å²) < 4.78 is 4.97. The Bertz CT molecular complexity index is 273. The van der Waals surface area contributed by atoms with Crippen LogP contribution in [0.25, 0.3) is 0 Å². The molecule has 0 bridgehead atoms. The van der Waals surface area contributed by atoms with Gasteiger partial charge in [-0.2, -0.15) is 0 Å². The fraction of sp³-hybridized carbons (Fsp3) is 0.923. The molecular weight excluding hydrogens is 216 g/mol. The van der Waals surface area contributed by atoms with Gasteiger partial charge >= 0.3 is 0 Å². The largest absolute Gasteiger partial charge is 0.383 e. The molecule has 4 nitrogen and oxygen atoms in total. The van der Waals surface area contributed by atoms with Crippen molar-refractivity contribution in [2.45, 2.75) is 46.7 Å². The number of carbonyl (C=O) groups is 1. The van der Waals surface area contributed by atoms with Gasteiger partial charge < -0.3 is 15.4 Å². The molecule has 1 rings (SSSR count). The highest BCUT2D eigenvalue weighted by molar-refractivity contribution is 5.78. The monoisotopic (exact) mass is 242 g/mol. The van der Waals surface area contributed by atoms with E-state index in [4.69, 9.17) is 4.74 Å². The van der Waals surface area contributed by atoms with Crippen LogP contribution < -0.4 is 10.6 Å². The van der Waals surface area contributed by atoms with Gasteiger partial charge in [0.25, 0.3) is 0 Å². The van der Waals surface area contributed by atoms with Gasteiger partial charge in [-0.05, 0) is 17.8 Å². The molecule has 17 heavy (non-hydrogen) atoms. The first-order valence-electron chi connectivity index (χ1n) is 6.25. The topological polar surface area (TPSA) is 50.4 Å². The zero-order chi connectivity index (χ0) is 13.3.